The lowest BCUT2D eigenvalue weighted by molar-refractivity contribution is 0.280. The number of hydrogen-bond donors (Lipinski definition) is 1. The molecule has 1 N–H and O–H groups in total. The van der Waals surface area contributed by atoms with Crippen molar-refractivity contribution in [3.63, 3.8) is 0 Å². The SMILES string of the molecule is CCCC1CCN(c2nc(C)cc(C)c2CO)CC1. The number of aliphatic hydroxyl groups is 1. The number of hydrogen-bond acceptors (Lipinski definition) is 3. The predicted molar refractivity (Wildman–Crippen MR) is 79.5 cm³/mol. The van der Waals surface area contributed by atoms with Crippen molar-refractivity contribution in [2.75, 3.05) is 18.0 Å². The van der Waals surface area contributed by atoms with Gasteiger partial charge in [0.25, 0.3) is 0 Å². The zero-order valence-corrected chi connectivity index (χ0v) is 12.4. The molecule has 2 heterocycles. The van der Waals surface area contributed by atoms with Crippen LogP contribution in [0.3, 0.4) is 0 Å². The number of aromatic nitrogens is 1. The van der Waals surface area contributed by atoms with E-state index in [1.54, 1.807) is 0 Å². The third kappa shape index (κ3) is 3.27. The molecule has 1 fully saturated rings. The van der Waals surface area contributed by atoms with E-state index in [1.807, 2.05) is 6.92 Å². The fourth-order valence-corrected chi connectivity index (χ4v) is 3.14. The third-order valence-electron chi connectivity index (χ3n) is 4.22. The summed E-state index contributed by atoms with van der Waals surface area (Å²) in [5.74, 6) is 1.89. The van der Waals surface area contributed by atoms with Gasteiger partial charge in [-0.15, -0.1) is 0 Å². The first-order chi connectivity index (χ1) is 9.15. The highest BCUT2D eigenvalue weighted by Crippen LogP contribution is 2.28. The van der Waals surface area contributed by atoms with Crippen LogP contribution in [0.1, 0.15) is 49.4 Å². The second-order valence-electron chi connectivity index (χ2n) is 5.76. The molecular formula is C16H26N2O. The van der Waals surface area contributed by atoms with Gasteiger partial charge in [0.15, 0.2) is 0 Å². The van der Waals surface area contributed by atoms with Crippen molar-refractivity contribution in [3.05, 3.63) is 22.9 Å². The molecule has 0 unspecified atom stereocenters. The largest absolute Gasteiger partial charge is 0.392 e. The first-order valence-electron chi connectivity index (χ1n) is 7.48. The molecule has 0 aromatic carbocycles. The second kappa shape index (κ2) is 6.38. The van der Waals surface area contributed by atoms with Gasteiger partial charge in [-0.3, -0.25) is 0 Å². The van der Waals surface area contributed by atoms with E-state index in [9.17, 15) is 5.11 Å². The molecule has 1 aromatic rings. The molecule has 0 amide bonds. The van der Waals surface area contributed by atoms with Crippen LogP contribution in [0.25, 0.3) is 0 Å². The van der Waals surface area contributed by atoms with Crippen LogP contribution >= 0.6 is 0 Å². The number of nitrogens with zero attached hydrogens (tertiary/aromatic N) is 2. The van der Waals surface area contributed by atoms with E-state index in [4.69, 9.17) is 0 Å². The molecule has 0 bridgehead atoms. The van der Waals surface area contributed by atoms with Gasteiger partial charge in [0, 0.05) is 24.3 Å². The molecule has 1 aliphatic heterocycles. The minimum Gasteiger partial charge on any atom is -0.392 e. The van der Waals surface area contributed by atoms with E-state index >= 15 is 0 Å². The fraction of sp³-hybridized carbons (Fsp3) is 0.688. The summed E-state index contributed by atoms with van der Waals surface area (Å²) in [6.45, 7) is 8.60. The lowest BCUT2D eigenvalue weighted by Gasteiger charge is -2.34. The Bertz CT molecular complexity index is 423. The monoisotopic (exact) mass is 262 g/mol. The molecule has 0 saturated carbocycles. The number of pyridine rings is 1. The summed E-state index contributed by atoms with van der Waals surface area (Å²) in [7, 11) is 0. The molecule has 19 heavy (non-hydrogen) atoms. The Morgan fingerprint density at radius 2 is 2.00 bits per heavy atom. The summed E-state index contributed by atoms with van der Waals surface area (Å²) in [6, 6.07) is 2.05. The molecule has 0 radical (unpaired) electrons. The Morgan fingerprint density at radius 1 is 1.32 bits per heavy atom. The first kappa shape index (κ1) is 14.3. The first-order valence-corrected chi connectivity index (χ1v) is 7.48. The average Bonchev–Trinajstić information content (AvgIpc) is 2.39. The molecule has 1 aliphatic rings. The van der Waals surface area contributed by atoms with E-state index in [2.05, 4.69) is 29.8 Å². The number of piperidine rings is 1. The summed E-state index contributed by atoms with van der Waals surface area (Å²) >= 11 is 0. The van der Waals surface area contributed by atoms with Crippen molar-refractivity contribution in [1.29, 1.82) is 0 Å². The van der Waals surface area contributed by atoms with Crippen LogP contribution in [-0.2, 0) is 6.61 Å². The van der Waals surface area contributed by atoms with Gasteiger partial charge in [0.1, 0.15) is 5.82 Å². The smallest absolute Gasteiger partial charge is 0.134 e. The molecular weight excluding hydrogens is 236 g/mol. The molecule has 3 nitrogen and oxygen atoms in total. The maximum atomic E-state index is 9.59. The van der Waals surface area contributed by atoms with Crippen LogP contribution in [-0.4, -0.2) is 23.2 Å². The summed E-state index contributed by atoms with van der Waals surface area (Å²) in [5.41, 5.74) is 3.20. The van der Waals surface area contributed by atoms with Crippen LogP contribution in [0.4, 0.5) is 5.82 Å². The van der Waals surface area contributed by atoms with Gasteiger partial charge in [-0.2, -0.15) is 0 Å². The van der Waals surface area contributed by atoms with E-state index in [0.717, 1.165) is 41.6 Å². The van der Waals surface area contributed by atoms with Crippen LogP contribution < -0.4 is 4.90 Å². The zero-order valence-electron chi connectivity index (χ0n) is 12.4. The van der Waals surface area contributed by atoms with Gasteiger partial charge >= 0.3 is 0 Å². The Hall–Kier alpha value is -1.09. The maximum absolute atomic E-state index is 9.59. The van der Waals surface area contributed by atoms with E-state index < -0.39 is 0 Å². The Morgan fingerprint density at radius 3 is 2.58 bits per heavy atom. The highest BCUT2D eigenvalue weighted by Gasteiger charge is 2.22. The van der Waals surface area contributed by atoms with Crippen molar-refractivity contribution >= 4 is 5.82 Å². The molecule has 3 heteroatoms. The number of aliphatic hydroxyl groups excluding tert-OH is 1. The van der Waals surface area contributed by atoms with E-state index in [0.29, 0.717) is 0 Å². The van der Waals surface area contributed by atoms with E-state index in [-0.39, 0.29) is 6.61 Å². The number of rotatable bonds is 4. The Kier molecular flexibility index (Phi) is 4.81. The van der Waals surface area contributed by atoms with Crippen molar-refractivity contribution in [1.82, 2.24) is 4.98 Å². The molecule has 0 spiro atoms. The molecule has 106 valence electrons. The minimum absolute atomic E-state index is 0.0866. The average molecular weight is 262 g/mol. The summed E-state index contributed by atoms with van der Waals surface area (Å²) < 4.78 is 0. The highest BCUT2D eigenvalue weighted by molar-refractivity contribution is 5.51. The summed E-state index contributed by atoms with van der Waals surface area (Å²) in [4.78, 5) is 7.02. The van der Waals surface area contributed by atoms with Crippen molar-refractivity contribution in [3.8, 4) is 0 Å². The van der Waals surface area contributed by atoms with Crippen LogP contribution in [0, 0.1) is 19.8 Å². The van der Waals surface area contributed by atoms with Gasteiger partial charge in [-0.1, -0.05) is 19.8 Å². The lowest BCUT2D eigenvalue weighted by atomic mass is 9.92. The molecule has 1 aromatic heterocycles. The lowest BCUT2D eigenvalue weighted by Crippen LogP contribution is -2.35. The van der Waals surface area contributed by atoms with Gasteiger partial charge in [-0.05, 0) is 44.2 Å². The number of anilines is 1. The molecule has 0 aliphatic carbocycles. The number of aryl methyl sites for hydroxylation is 2. The van der Waals surface area contributed by atoms with Gasteiger partial charge in [-0.25, -0.2) is 4.98 Å². The fourth-order valence-electron chi connectivity index (χ4n) is 3.14. The van der Waals surface area contributed by atoms with Gasteiger partial charge in [0.05, 0.1) is 6.61 Å². The Balaban J connectivity index is 2.15. The third-order valence-corrected chi connectivity index (χ3v) is 4.22. The second-order valence-corrected chi connectivity index (χ2v) is 5.76. The van der Waals surface area contributed by atoms with Crippen molar-refractivity contribution < 1.29 is 5.11 Å². The topological polar surface area (TPSA) is 36.4 Å². The van der Waals surface area contributed by atoms with Crippen LogP contribution in [0.15, 0.2) is 6.07 Å². The summed E-state index contributed by atoms with van der Waals surface area (Å²) in [6.07, 6.45) is 5.15. The predicted octanol–water partition coefficient (Wildman–Crippen LogP) is 3.21. The molecule has 1 saturated heterocycles. The summed E-state index contributed by atoms with van der Waals surface area (Å²) in [5, 5.41) is 9.59. The molecule has 2 rings (SSSR count). The minimum atomic E-state index is 0.0866. The van der Waals surface area contributed by atoms with Crippen LogP contribution in [0.2, 0.25) is 0 Å². The van der Waals surface area contributed by atoms with E-state index in [1.165, 1.54) is 25.7 Å². The standard InChI is InChI=1S/C16H26N2O/c1-4-5-14-6-8-18(9-7-14)16-15(11-19)12(2)10-13(3)17-16/h10,14,19H,4-9,11H2,1-3H3. The maximum Gasteiger partial charge on any atom is 0.134 e. The van der Waals surface area contributed by atoms with Crippen molar-refractivity contribution in [2.45, 2.75) is 53.1 Å². The van der Waals surface area contributed by atoms with Crippen molar-refractivity contribution in [2.24, 2.45) is 5.92 Å². The van der Waals surface area contributed by atoms with Crippen LogP contribution in [0.5, 0.6) is 0 Å². The Labute approximate surface area is 116 Å². The molecule has 0 atom stereocenters. The quantitative estimate of drug-likeness (QED) is 0.905. The highest BCUT2D eigenvalue weighted by atomic mass is 16.3. The van der Waals surface area contributed by atoms with Gasteiger partial charge in [0.2, 0.25) is 0 Å². The zero-order chi connectivity index (χ0) is 13.8. The normalized spacial score (nSPS) is 16.9. The van der Waals surface area contributed by atoms with Gasteiger partial charge < -0.3 is 10.0 Å².